The van der Waals surface area contributed by atoms with Crippen molar-refractivity contribution in [3.8, 4) is 11.5 Å². The van der Waals surface area contributed by atoms with Crippen molar-refractivity contribution in [2.75, 3.05) is 45.9 Å². The van der Waals surface area contributed by atoms with Gasteiger partial charge in [0.2, 0.25) is 11.8 Å². The summed E-state index contributed by atoms with van der Waals surface area (Å²) in [4.78, 5) is 40.5. The van der Waals surface area contributed by atoms with Crippen LogP contribution < -0.4 is 14.4 Å². The van der Waals surface area contributed by atoms with Gasteiger partial charge in [-0.2, -0.15) is 0 Å². The average Bonchev–Trinajstić information content (AvgIpc) is 3.13. The van der Waals surface area contributed by atoms with E-state index in [-0.39, 0.29) is 30.1 Å². The molecule has 3 rings (SSSR count). The van der Waals surface area contributed by atoms with Crippen molar-refractivity contribution in [3.05, 3.63) is 18.2 Å². The van der Waals surface area contributed by atoms with Crippen molar-refractivity contribution < 1.29 is 28.6 Å². The number of rotatable bonds is 5. The quantitative estimate of drug-likeness (QED) is 0.708. The van der Waals surface area contributed by atoms with Crippen LogP contribution in [0.3, 0.4) is 0 Å². The van der Waals surface area contributed by atoms with Crippen molar-refractivity contribution in [1.29, 1.82) is 0 Å². The van der Waals surface area contributed by atoms with Gasteiger partial charge in [0.25, 0.3) is 0 Å². The van der Waals surface area contributed by atoms with Gasteiger partial charge in [-0.3, -0.25) is 14.4 Å². The van der Waals surface area contributed by atoms with Gasteiger partial charge >= 0.3 is 5.97 Å². The number of hydrogen-bond acceptors (Lipinski definition) is 6. The van der Waals surface area contributed by atoms with E-state index in [0.717, 1.165) is 0 Å². The van der Waals surface area contributed by atoms with Gasteiger partial charge in [-0.25, -0.2) is 0 Å². The van der Waals surface area contributed by atoms with Crippen molar-refractivity contribution >= 4 is 23.5 Å². The first-order chi connectivity index (χ1) is 13.5. The number of nitrogens with zero attached hydrogens (tertiary/aromatic N) is 2. The Morgan fingerprint density at radius 2 is 1.75 bits per heavy atom. The van der Waals surface area contributed by atoms with Crippen LogP contribution in [0.15, 0.2) is 18.2 Å². The Balaban J connectivity index is 1.66. The zero-order valence-corrected chi connectivity index (χ0v) is 16.5. The standard InChI is InChI=1S/C20H26N2O6/c1-26-15-4-5-16(17(11-15)27-2)22-12-14(10-18(22)23)19(24)21-8-6-13(7-9-21)20(25)28-3/h4-5,11,13-14H,6-10,12H2,1-3H3/t14-/m0/s1. The molecule has 2 fully saturated rings. The molecule has 0 spiro atoms. The number of amides is 2. The van der Waals surface area contributed by atoms with E-state index in [4.69, 9.17) is 14.2 Å². The lowest BCUT2D eigenvalue weighted by molar-refractivity contribution is -0.149. The molecule has 0 aliphatic carbocycles. The number of hydrogen-bond donors (Lipinski definition) is 0. The fourth-order valence-electron chi connectivity index (χ4n) is 3.87. The summed E-state index contributed by atoms with van der Waals surface area (Å²) in [7, 11) is 4.48. The highest BCUT2D eigenvalue weighted by Crippen LogP contribution is 2.36. The van der Waals surface area contributed by atoms with E-state index in [1.54, 1.807) is 35.1 Å². The first-order valence-corrected chi connectivity index (χ1v) is 9.37. The fraction of sp³-hybridized carbons (Fsp3) is 0.550. The molecule has 2 aliphatic heterocycles. The number of ether oxygens (including phenoxy) is 3. The molecule has 2 amide bonds. The summed E-state index contributed by atoms with van der Waals surface area (Å²) in [5, 5.41) is 0. The summed E-state index contributed by atoms with van der Waals surface area (Å²) in [5.74, 6) is 0.250. The summed E-state index contributed by atoms with van der Waals surface area (Å²) >= 11 is 0. The van der Waals surface area contributed by atoms with E-state index in [9.17, 15) is 14.4 Å². The Bertz CT molecular complexity index is 757. The van der Waals surface area contributed by atoms with Crippen LogP contribution >= 0.6 is 0 Å². The number of piperidine rings is 1. The van der Waals surface area contributed by atoms with E-state index in [0.29, 0.717) is 49.7 Å². The molecule has 2 aliphatic rings. The molecule has 2 saturated heterocycles. The smallest absolute Gasteiger partial charge is 0.308 e. The van der Waals surface area contributed by atoms with Gasteiger partial charge in [0.15, 0.2) is 0 Å². The largest absolute Gasteiger partial charge is 0.497 e. The number of carbonyl (C=O) groups excluding carboxylic acids is 3. The SMILES string of the molecule is COC(=O)C1CCN(C(=O)[C@H]2CC(=O)N(c3ccc(OC)cc3OC)C2)CC1. The molecule has 28 heavy (non-hydrogen) atoms. The van der Waals surface area contributed by atoms with E-state index in [1.807, 2.05) is 0 Å². The van der Waals surface area contributed by atoms with Crippen LogP contribution in [0.5, 0.6) is 11.5 Å². The zero-order chi connectivity index (χ0) is 20.3. The minimum Gasteiger partial charge on any atom is -0.497 e. The van der Waals surface area contributed by atoms with Gasteiger partial charge in [-0.05, 0) is 25.0 Å². The van der Waals surface area contributed by atoms with Crippen molar-refractivity contribution in [2.45, 2.75) is 19.3 Å². The van der Waals surface area contributed by atoms with Gasteiger partial charge < -0.3 is 24.0 Å². The molecule has 8 heteroatoms. The molecule has 8 nitrogen and oxygen atoms in total. The molecule has 0 unspecified atom stereocenters. The van der Waals surface area contributed by atoms with Crippen molar-refractivity contribution in [3.63, 3.8) is 0 Å². The lowest BCUT2D eigenvalue weighted by atomic mass is 9.95. The number of benzene rings is 1. The summed E-state index contributed by atoms with van der Waals surface area (Å²) < 4.78 is 15.4. The molecule has 1 atom stereocenters. The Kier molecular flexibility index (Phi) is 6.06. The molecule has 152 valence electrons. The fourth-order valence-corrected chi connectivity index (χ4v) is 3.87. The molecule has 0 bridgehead atoms. The normalized spacial score (nSPS) is 20.2. The second-order valence-corrected chi connectivity index (χ2v) is 7.07. The predicted molar refractivity (Wildman–Crippen MR) is 101 cm³/mol. The second kappa shape index (κ2) is 8.50. The summed E-state index contributed by atoms with van der Waals surface area (Å²) in [6.45, 7) is 1.33. The highest BCUT2D eigenvalue weighted by Gasteiger charge is 2.39. The maximum atomic E-state index is 12.9. The first-order valence-electron chi connectivity index (χ1n) is 9.37. The molecular formula is C20H26N2O6. The number of anilines is 1. The minimum atomic E-state index is -0.394. The Morgan fingerprint density at radius 3 is 2.36 bits per heavy atom. The Labute approximate surface area is 164 Å². The topological polar surface area (TPSA) is 85.4 Å². The number of esters is 1. The molecule has 2 heterocycles. The van der Waals surface area contributed by atoms with Crippen LogP contribution in [-0.2, 0) is 19.1 Å². The highest BCUT2D eigenvalue weighted by atomic mass is 16.5. The third kappa shape index (κ3) is 3.90. The Morgan fingerprint density at radius 1 is 1.04 bits per heavy atom. The number of carbonyl (C=O) groups is 3. The molecule has 0 aromatic heterocycles. The van der Waals surface area contributed by atoms with E-state index >= 15 is 0 Å². The van der Waals surface area contributed by atoms with Crippen LogP contribution in [0, 0.1) is 11.8 Å². The second-order valence-electron chi connectivity index (χ2n) is 7.07. The van der Waals surface area contributed by atoms with Gasteiger partial charge in [-0.15, -0.1) is 0 Å². The third-order valence-corrected chi connectivity index (χ3v) is 5.49. The molecule has 0 radical (unpaired) electrons. The van der Waals surface area contributed by atoms with Crippen LogP contribution in [0.1, 0.15) is 19.3 Å². The van der Waals surface area contributed by atoms with Gasteiger partial charge in [0.1, 0.15) is 11.5 Å². The molecule has 1 aromatic rings. The maximum absolute atomic E-state index is 12.9. The molecule has 0 saturated carbocycles. The lowest BCUT2D eigenvalue weighted by Gasteiger charge is -2.32. The third-order valence-electron chi connectivity index (χ3n) is 5.49. The lowest BCUT2D eigenvalue weighted by Crippen LogP contribution is -2.43. The number of methoxy groups -OCH3 is 3. The minimum absolute atomic E-state index is 0.0355. The average molecular weight is 390 g/mol. The van der Waals surface area contributed by atoms with Gasteiger partial charge in [0.05, 0.1) is 38.9 Å². The van der Waals surface area contributed by atoms with E-state index < -0.39 is 5.92 Å². The molecular weight excluding hydrogens is 364 g/mol. The molecule has 0 N–H and O–H groups in total. The predicted octanol–water partition coefficient (Wildman–Crippen LogP) is 1.47. The van der Waals surface area contributed by atoms with Crippen LogP contribution in [0.25, 0.3) is 0 Å². The van der Waals surface area contributed by atoms with Crippen LogP contribution in [0.4, 0.5) is 5.69 Å². The van der Waals surface area contributed by atoms with E-state index in [2.05, 4.69) is 0 Å². The van der Waals surface area contributed by atoms with E-state index in [1.165, 1.54) is 14.2 Å². The first kappa shape index (κ1) is 20.0. The summed E-state index contributed by atoms with van der Waals surface area (Å²) in [6.07, 6.45) is 1.36. The van der Waals surface area contributed by atoms with Crippen molar-refractivity contribution in [1.82, 2.24) is 4.90 Å². The molecule has 1 aromatic carbocycles. The van der Waals surface area contributed by atoms with Crippen LogP contribution in [-0.4, -0.2) is 63.6 Å². The zero-order valence-electron chi connectivity index (χ0n) is 16.5. The monoisotopic (exact) mass is 390 g/mol. The highest BCUT2D eigenvalue weighted by molar-refractivity contribution is 6.01. The Hall–Kier alpha value is -2.77. The van der Waals surface area contributed by atoms with Crippen LogP contribution in [0.2, 0.25) is 0 Å². The summed E-state index contributed by atoms with van der Waals surface area (Å²) in [6, 6.07) is 5.25. The number of likely N-dealkylation sites (tertiary alicyclic amines) is 1. The maximum Gasteiger partial charge on any atom is 0.308 e. The van der Waals surface area contributed by atoms with Gasteiger partial charge in [-0.1, -0.05) is 0 Å². The van der Waals surface area contributed by atoms with Crippen molar-refractivity contribution in [2.24, 2.45) is 11.8 Å². The summed E-state index contributed by atoms with van der Waals surface area (Å²) in [5.41, 5.74) is 0.632. The van der Waals surface area contributed by atoms with Gasteiger partial charge in [0, 0.05) is 32.1 Å².